The number of hydrogen-bond donors (Lipinski definition) is 0. The van der Waals surface area contributed by atoms with Gasteiger partial charge in [0.2, 0.25) is 11.4 Å². The summed E-state index contributed by atoms with van der Waals surface area (Å²) in [6.45, 7) is 18.2. The predicted molar refractivity (Wildman–Crippen MR) is 348 cm³/mol. The van der Waals surface area contributed by atoms with Gasteiger partial charge in [-0.15, -0.1) is 20.5 Å². The van der Waals surface area contributed by atoms with Crippen LogP contribution in [0.25, 0.3) is 21.5 Å². The highest BCUT2D eigenvalue weighted by Gasteiger charge is 2.53. The number of hydrogen-bond acceptors (Lipinski definition) is 10. The van der Waals surface area contributed by atoms with Gasteiger partial charge in [0.05, 0.1) is 10.8 Å². The molecular formula is C78H88Cl2N4O8. The Morgan fingerprint density at radius 3 is 1.14 bits per heavy atom. The van der Waals surface area contributed by atoms with Gasteiger partial charge in [-0.05, 0) is 120 Å². The highest BCUT2D eigenvalue weighted by molar-refractivity contribution is 6.05. The van der Waals surface area contributed by atoms with Gasteiger partial charge < -0.3 is 9.80 Å². The highest BCUT2D eigenvalue weighted by atomic mass is 35.7. The molecule has 2 aliphatic carbocycles. The summed E-state index contributed by atoms with van der Waals surface area (Å²) in [5.74, 6) is 0. The zero-order chi connectivity index (χ0) is 65.1. The zero-order valence-corrected chi connectivity index (χ0v) is 55.8. The van der Waals surface area contributed by atoms with E-state index in [1.54, 1.807) is 11.1 Å². The molecule has 0 aromatic heterocycles. The van der Waals surface area contributed by atoms with Crippen molar-refractivity contribution >= 4 is 55.7 Å². The molecule has 7 aromatic carbocycles. The van der Waals surface area contributed by atoms with Gasteiger partial charge in [-0.1, -0.05) is 213 Å². The van der Waals surface area contributed by atoms with Crippen LogP contribution >= 0.6 is 0 Å². The Morgan fingerprint density at radius 2 is 0.783 bits per heavy atom. The fourth-order valence-electron chi connectivity index (χ4n) is 16.7. The van der Waals surface area contributed by atoms with E-state index in [1.807, 2.05) is 0 Å². The molecule has 0 amide bonds. The number of anilines is 2. The smallest absolute Gasteiger partial charge is 0.209 e. The van der Waals surface area contributed by atoms with Gasteiger partial charge in [-0.25, -0.2) is 37.3 Å². The molecule has 6 aliphatic rings. The average Bonchev–Trinajstić information content (AvgIpc) is 1.59. The third kappa shape index (κ3) is 13.1. The largest absolute Gasteiger partial charge is 0.340 e. The maximum Gasteiger partial charge on any atom is 0.209 e. The number of allylic oxidation sites excluding steroid dienone is 8. The molecule has 7 aromatic rings. The highest BCUT2D eigenvalue weighted by Crippen LogP contribution is 2.56. The number of unbranched alkanes of at least 4 members (excludes halogenated alkanes) is 2. The first kappa shape index (κ1) is 66.7. The number of nitrogens with zero attached hydrogens (tertiary/aromatic N) is 4. The van der Waals surface area contributed by atoms with Gasteiger partial charge in [0.25, 0.3) is 0 Å². The van der Waals surface area contributed by atoms with E-state index in [4.69, 9.17) is 37.3 Å². The Kier molecular flexibility index (Phi) is 20.0. The Labute approximate surface area is 548 Å². The second kappa shape index (κ2) is 27.7. The molecule has 0 bridgehead atoms. The summed E-state index contributed by atoms with van der Waals surface area (Å²) in [5.41, 5.74) is 19.9. The molecule has 14 heteroatoms. The molecular weight excluding hydrogens is 1190 g/mol. The molecule has 12 nitrogen and oxygen atoms in total. The van der Waals surface area contributed by atoms with Crippen LogP contribution in [0.2, 0.25) is 0 Å². The van der Waals surface area contributed by atoms with Crippen LogP contribution in [0.1, 0.15) is 178 Å². The number of rotatable bonds is 16. The predicted octanol–water partition coefficient (Wildman–Crippen LogP) is 10.3. The molecule has 2 unspecified atom stereocenters. The van der Waals surface area contributed by atoms with E-state index in [0.29, 0.717) is 0 Å². The second-order valence-electron chi connectivity index (χ2n) is 26.4. The van der Waals surface area contributed by atoms with Crippen molar-refractivity contribution in [3.63, 3.8) is 0 Å². The Bertz CT molecular complexity index is 3740. The molecule has 482 valence electrons. The minimum absolute atomic E-state index is 0.0882. The van der Waals surface area contributed by atoms with Crippen LogP contribution in [0.4, 0.5) is 22.7 Å². The summed E-state index contributed by atoms with van der Waals surface area (Å²) in [6.07, 6.45) is 34.6. The molecule has 0 radical (unpaired) electrons. The van der Waals surface area contributed by atoms with Crippen LogP contribution in [0, 0.1) is 20.5 Å². The number of para-hydroxylation sites is 2. The summed E-state index contributed by atoms with van der Waals surface area (Å²) in [5, 5.41) is 5.37. The normalized spacial score (nSPS) is 21.5. The quantitative estimate of drug-likeness (QED) is 0.0840. The molecule has 13 rings (SSSR count). The molecule has 2 spiro atoms. The third-order valence-electron chi connectivity index (χ3n) is 21.2. The molecule has 2 fully saturated rings. The SMILES string of the molecule is CCCC[N+]1=C(C=CC=C2N(Cc3ccc(CN4C(=CC=CC5=[N+](CCCC)c6ccccc6C56CCCCC6)C(C)(CC)c5c4ccc4ccccc54)cc3)c3ccc4ccccc4c3C2(C)CC)C2(CCCCC2)c2ccccc21.[O-][Cl+3]([O-])([O-])[O-].[O-][Cl+3]([O-])([O-])[O-]. The van der Waals surface area contributed by atoms with Gasteiger partial charge in [-0.2, -0.15) is 9.15 Å². The summed E-state index contributed by atoms with van der Waals surface area (Å²) in [6, 6.07) is 56.2. The molecule has 92 heavy (non-hydrogen) atoms. The maximum absolute atomic E-state index is 8.49. The molecule has 2 saturated carbocycles. The lowest BCUT2D eigenvalue weighted by Gasteiger charge is -2.32. The van der Waals surface area contributed by atoms with E-state index in [9.17, 15) is 0 Å². The van der Waals surface area contributed by atoms with E-state index < -0.39 is 20.5 Å². The van der Waals surface area contributed by atoms with Crippen LogP contribution in [0.5, 0.6) is 0 Å². The first-order chi connectivity index (χ1) is 44.2. The van der Waals surface area contributed by atoms with Crippen LogP contribution < -0.4 is 47.1 Å². The van der Waals surface area contributed by atoms with Gasteiger partial charge in [0, 0.05) is 94.9 Å². The Balaban J connectivity index is 0.000000807. The van der Waals surface area contributed by atoms with E-state index in [1.165, 1.54) is 179 Å². The standard InChI is InChI=1S/C78H88N4.2ClHO4/c1-7-11-53-79-65-35-21-19-33-63(65)77(49-23-13-24-50-77)71(79)39-27-37-69-75(5,9-3)73-61-31-17-15-29-59(61)45-47-67(73)81(69)55-57-41-43-58(44-42-57)56-82-68-48-46-60-30-16-18-32-62(60)74(68)76(6,10-4)70(82)38-28-40-72-78(51-25-14-26-52-78)64-34-20-22-36-66(64)80(72)54-12-8-2;2*2-1(3,4)5/h15-22,27-48H,7-14,23-26,49-56H2,1-6H3;2*(H,2,3,4,5)/q+2;;/p-2. The van der Waals surface area contributed by atoms with E-state index in [-0.39, 0.29) is 21.7 Å². The van der Waals surface area contributed by atoms with Gasteiger partial charge in [0.15, 0.2) is 11.4 Å². The molecule has 2 atom stereocenters. The minimum Gasteiger partial charge on any atom is -0.340 e. The molecule has 4 aliphatic heterocycles. The van der Waals surface area contributed by atoms with Crippen molar-refractivity contribution in [2.45, 2.75) is 179 Å². The van der Waals surface area contributed by atoms with Crippen molar-refractivity contribution in [2.75, 3.05) is 22.9 Å². The fourth-order valence-corrected chi connectivity index (χ4v) is 16.7. The zero-order valence-electron chi connectivity index (χ0n) is 54.3. The lowest BCUT2D eigenvalue weighted by atomic mass is 9.67. The van der Waals surface area contributed by atoms with Crippen molar-refractivity contribution in [3.05, 3.63) is 227 Å². The van der Waals surface area contributed by atoms with Gasteiger partial charge in [0.1, 0.15) is 13.1 Å². The maximum atomic E-state index is 8.49. The van der Waals surface area contributed by atoms with Crippen LogP contribution in [-0.2, 0) is 34.7 Å². The van der Waals surface area contributed by atoms with Crippen molar-refractivity contribution in [3.8, 4) is 0 Å². The summed E-state index contributed by atoms with van der Waals surface area (Å²) in [7, 11) is -9.89. The third-order valence-corrected chi connectivity index (χ3v) is 21.2. The average molecular weight is 1280 g/mol. The topological polar surface area (TPSA) is 197 Å². The van der Waals surface area contributed by atoms with Crippen molar-refractivity contribution in [1.29, 1.82) is 0 Å². The lowest BCUT2D eigenvalue weighted by Crippen LogP contribution is -2.68. The molecule has 0 N–H and O–H groups in total. The second-order valence-corrected chi connectivity index (χ2v) is 27.9. The van der Waals surface area contributed by atoms with Gasteiger partial charge in [-0.3, -0.25) is 0 Å². The van der Waals surface area contributed by atoms with Crippen molar-refractivity contribution < 1.29 is 66.9 Å². The van der Waals surface area contributed by atoms with Crippen LogP contribution in [-0.4, -0.2) is 33.7 Å². The summed E-state index contributed by atoms with van der Waals surface area (Å²) in [4.78, 5) is 5.35. The number of fused-ring (bicyclic) bond motifs is 10. The number of halogens is 2. The minimum atomic E-state index is -4.94. The first-order valence-corrected chi connectivity index (χ1v) is 35.9. The monoisotopic (exact) mass is 1280 g/mol. The Morgan fingerprint density at radius 1 is 0.435 bits per heavy atom. The summed E-state index contributed by atoms with van der Waals surface area (Å²) < 4.78 is 73.4. The number of benzene rings is 7. The van der Waals surface area contributed by atoms with Crippen LogP contribution in [0.3, 0.4) is 0 Å². The van der Waals surface area contributed by atoms with Gasteiger partial charge >= 0.3 is 0 Å². The summed E-state index contributed by atoms with van der Waals surface area (Å²) >= 11 is 0. The van der Waals surface area contributed by atoms with Crippen molar-refractivity contribution in [2.24, 2.45) is 0 Å². The van der Waals surface area contributed by atoms with Crippen molar-refractivity contribution in [1.82, 2.24) is 0 Å². The molecule has 0 saturated heterocycles. The lowest BCUT2D eigenvalue weighted by molar-refractivity contribution is -2.00. The molecule has 4 heterocycles. The van der Waals surface area contributed by atoms with E-state index in [2.05, 4.69) is 243 Å². The van der Waals surface area contributed by atoms with E-state index in [0.717, 1.165) is 39.0 Å². The first-order valence-electron chi connectivity index (χ1n) is 33.4. The van der Waals surface area contributed by atoms with Crippen LogP contribution in [0.15, 0.2) is 193 Å². The fraction of sp³-hybridized carbons (Fsp3) is 0.385. The van der Waals surface area contributed by atoms with E-state index >= 15 is 0 Å². The Hall–Kier alpha value is -6.78.